The van der Waals surface area contributed by atoms with Crippen molar-refractivity contribution in [2.24, 2.45) is 5.92 Å². The number of rotatable bonds is 8. The lowest BCUT2D eigenvalue weighted by Gasteiger charge is -2.26. The zero-order valence-electron chi connectivity index (χ0n) is 11.8. The Bertz CT molecular complexity index is 335. The van der Waals surface area contributed by atoms with Crippen LogP contribution >= 0.6 is 0 Å². The molecule has 0 aliphatic carbocycles. The van der Waals surface area contributed by atoms with Crippen LogP contribution in [-0.2, 0) is 15.6 Å². The third-order valence-electron chi connectivity index (χ3n) is 4.60. The van der Waals surface area contributed by atoms with Crippen LogP contribution in [0.4, 0.5) is 0 Å². The number of allylic oxidation sites excluding steroid dienone is 1. The van der Waals surface area contributed by atoms with Gasteiger partial charge in [-0.05, 0) is 44.9 Å². The molecule has 2 aliphatic heterocycles. The Kier molecular flexibility index (Phi) is 5.80. The summed E-state index contributed by atoms with van der Waals surface area (Å²) in [5.41, 5.74) is 0. The van der Waals surface area contributed by atoms with Gasteiger partial charge in [-0.15, -0.1) is 6.58 Å². The maximum absolute atomic E-state index is 12.2. The Morgan fingerprint density at radius 2 is 1.74 bits per heavy atom. The van der Waals surface area contributed by atoms with Crippen molar-refractivity contribution in [3.05, 3.63) is 12.7 Å². The van der Waals surface area contributed by atoms with E-state index in [2.05, 4.69) is 6.58 Å². The molecule has 2 rings (SSSR count). The van der Waals surface area contributed by atoms with Crippen molar-refractivity contribution >= 4 is 16.6 Å². The molecule has 0 N–H and O–H groups in total. The smallest absolute Gasteiger partial charge is 0.136 e. The molecule has 0 amide bonds. The molecule has 0 saturated carbocycles. The minimum Gasteiger partial charge on any atom is -0.299 e. The van der Waals surface area contributed by atoms with Gasteiger partial charge in [0, 0.05) is 33.6 Å². The first-order chi connectivity index (χ1) is 9.22. The van der Waals surface area contributed by atoms with Crippen LogP contribution in [0.2, 0.25) is 0 Å². The third-order valence-corrected chi connectivity index (χ3v) is 6.77. The summed E-state index contributed by atoms with van der Waals surface area (Å²) in [5, 5.41) is 0.667. The van der Waals surface area contributed by atoms with Crippen LogP contribution in [0.1, 0.15) is 64.2 Å². The molecule has 2 aliphatic rings. The highest BCUT2D eigenvalue weighted by Gasteiger charge is 2.42. The van der Waals surface area contributed by atoms with Gasteiger partial charge in [0.2, 0.25) is 0 Å². The fraction of sp³-hybridized carbons (Fsp3) is 0.812. The van der Waals surface area contributed by atoms with Crippen LogP contribution < -0.4 is 0 Å². The SMILES string of the molecule is C=CCCCCCCC(=O)C1CC2CCC(C1)S2=O. The molecular weight excluding hydrogens is 256 g/mol. The molecule has 108 valence electrons. The number of fused-ring (bicyclic) bond motifs is 2. The number of ketones is 1. The van der Waals surface area contributed by atoms with Gasteiger partial charge >= 0.3 is 0 Å². The minimum atomic E-state index is -0.629. The van der Waals surface area contributed by atoms with E-state index >= 15 is 0 Å². The van der Waals surface area contributed by atoms with Gasteiger partial charge in [-0.3, -0.25) is 9.00 Å². The van der Waals surface area contributed by atoms with Crippen LogP contribution in [0.5, 0.6) is 0 Å². The fourth-order valence-corrected chi connectivity index (χ4v) is 5.57. The highest BCUT2D eigenvalue weighted by molar-refractivity contribution is 7.86. The highest BCUT2D eigenvalue weighted by Crippen LogP contribution is 2.39. The van der Waals surface area contributed by atoms with Crippen LogP contribution in [0.15, 0.2) is 12.7 Å². The topological polar surface area (TPSA) is 34.1 Å². The van der Waals surface area contributed by atoms with Crippen LogP contribution in [0.3, 0.4) is 0 Å². The van der Waals surface area contributed by atoms with Crippen molar-refractivity contribution in [3.63, 3.8) is 0 Å². The van der Waals surface area contributed by atoms with Crippen molar-refractivity contribution in [2.75, 3.05) is 0 Å². The zero-order chi connectivity index (χ0) is 13.7. The van der Waals surface area contributed by atoms with E-state index in [0.717, 1.165) is 51.4 Å². The molecule has 2 saturated heterocycles. The Labute approximate surface area is 119 Å². The quantitative estimate of drug-likeness (QED) is 0.501. The average molecular weight is 282 g/mol. The Hall–Kier alpha value is -0.440. The maximum Gasteiger partial charge on any atom is 0.136 e. The van der Waals surface area contributed by atoms with E-state index in [1.165, 1.54) is 12.8 Å². The molecule has 19 heavy (non-hydrogen) atoms. The van der Waals surface area contributed by atoms with E-state index in [9.17, 15) is 9.00 Å². The molecule has 3 heteroatoms. The minimum absolute atomic E-state index is 0.225. The van der Waals surface area contributed by atoms with E-state index in [1.54, 1.807) is 0 Å². The second kappa shape index (κ2) is 7.37. The number of hydrogen-bond donors (Lipinski definition) is 0. The van der Waals surface area contributed by atoms with E-state index in [1.807, 2.05) is 6.08 Å². The number of carbonyl (C=O) groups is 1. The Morgan fingerprint density at radius 1 is 1.11 bits per heavy atom. The van der Waals surface area contributed by atoms with Crippen LogP contribution in [0, 0.1) is 5.92 Å². The molecule has 2 heterocycles. The van der Waals surface area contributed by atoms with Gasteiger partial charge in [0.15, 0.2) is 0 Å². The molecule has 0 aromatic rings. The van der Waals surface area contributed by atoms with Crippen molar-refractivity contribution in [1.29, 1.82) is 0 Å². The number of hydrogen-bond acceptors (Lipinski definition) is 2. The van der Waals surface area contributed by atoms with Gasteiger partial charge in [-0.1, -0.05) is 18.9 Å². The summed E-state index contributed by atoms with van der Waals surface area (Å²) >= 11 is 0. The molecule has 0 aromatic carbocycles. The highest BCUT2D eigenvalue weighted by atomic mass is 32.2. The summed E-state index contributed by atoms with van der Waals surface area (Å²) in [6.45, 7) is 3.72. The summed E-state index contributed by atoms with van der Waals surface area (Å²) < 4.78 is 11.9. The molecule has 0 radical (unpaired) electrons. The molecule has 2 bridgehead atoms. The van der Waals surface area contributed by atoms with Crippen molar-refractivity contribution in [3.8, 4) is 0 Å². The lowest BCUT2D eigenvalue weighted by molar-refractivity contribution is -0.123. The van der Waals surface area contributed by atoms with Crippen molar-refractivity contribution in [1.82, 2.24) is 0 Å². The maximum atomic E-state index is 12.2. The van der Waals surface area contributed by atoms with E-state index in [0.29, 0.717) is 16.3 Å². The average Bonchev–Trinajstić information content (AvgIpc) is 2.65. The predicted molar refractivity (Wildman–Crippen MR) is 80.6 cm³/mol. The summed E-state index contributed by atoms with van der Waals surface area (Å²) in [5.74, 6) is 0.667. The zero-order valence-corrected chi connectivity index (χ0v) is 12.6. The molecule has 0 spiro atoms. The van der Waals surface area contributed by atoms with E-state index in [-0.39, 0.29) is 5.92 Å². The lowest BCUT2D eigenvalue weighted by atomic mass is 9.91. The summed E-state index contributed by atoms with van der Waals surface area (Å²) in [7, 11) is -0.629. The first kappa shape index (κ1) is 15.0. The molecule has 2 fully saturated rings. The number of carbonyl (C=O) groups excluding carboxylic acids is 1. The Balaban J connectivity index is 1.64. The van der Waals surface area contributed by atoms with Gasteiger partial charge in [-0.2, -0.15) is 0 Å². The first-order valence-electron chi connectivity index (χ1n) is 7.75. The lowest BCUT2D eigenvalue weighted by Crippen LogP contribution is -2.32. The Morgan fingerprint density at radius 3 is 2.37 bits per heavy atom. The predicted octanol–water partition coefficient (Wildman–Crippen LogP) is 3.77. The van der Waals surface area contributed by atoms with E-state index < -0.39 is 10.8 Å². The second-order valence-electron chi connectivity index (χ2n) is 6.03. The number of Topliss-reactive ketones (excluding diaryl/α,β-unsaturated/α-hetero) is 1. The van der Waals surface area contributed by atoms with Crippen LogP contribution in [0.25, 0.3) is 0 Å². The van der Waals surface area contributed by atoms with Crippen molar-refractivity contribution in [2.45, 2.75) is 74.7 Å². The third kappa shape index (κ3) is 4.01. The molecular formula is C16H26O2S. The standard InChI is InChI=1S/C16H26O2S/c1-2-3-4-5-6-7-8-16(17)13-11-14-9-10-15(12-13)19(14)18/h2,13-15H,1,3-12H2. The van der Waals surface area contributed by atoms with Gasteiger partial charge in [0.25, 0.3) is 0 Å². The largest absolute Gasteiger partial charge is 0.299 e. The monoisotopic (exact) mass is 282 g/mol. The molecule has 2 atom stereocenters. The molecule has 0 aromatic heterocycles. The van der Waals surface area contributed by atoms with Gasteiger partial charge < -0.3 is 0 Å². The fourth-order valence-electron chi connectivity index (χ4n) is 3.44. The summed E-state index contributed by atoms with van der Waals surface area (Å²) in [6.07, 6.45) is 12.4. The molecule has 2 nitrogen and oxygen atoms in total. The van der Waals surface area contributed by atoms with Gasteiger partial charge in [0.1, 0.15) is 5.78 Å². The van der Waals surface area contributed by atoms with E-state index in [4.69, 9.17) is 0 Å². The summed E-state index contributed by atoms with van der Waals surface area (Å²) in [6, 6.07) is 0. The summed E-state index contributed by atoms with van der Waals surface area (Å²) in [4.78, 5) is 12.2. The van der Waals surface area contributed by atoms with Gasteiger partial charge in [-0.25, -0.2) is 0 Å². The van der Waals surface area contributed by atoms with Crippen molar-refractivity contribution < 1.29 is 9.00 Å². The first-order valence-corrected chi connectivity index (χ1v) is 9.03. The number of unbranched alkanes of at least 4 members (excludes halogenated alkanes) is 4. The normalized spacial score (nSPS) is 33.3. The van der Waals surface area contributed by atoms with Crippen LogP contribution in [-0.4, -0.2) is 20.5 Å². The molecule has 2 unspecified atom stereocenters. The second-order valence-corrected chi connectivity index (χ2v) is 8.02. The van der Waals surface area contributed by atoms with Gasteiger partial charge in [0.05, 0.1) is 0 Å².